The summed E-state index contributed by atoms with van der Waals surface area (Å²) in [6.45, 7) is 8.01. The molecule has 1 amide bonds. The van der Waals surface area contributed by atoms with Crippen LogP contribution in [-0.2, 0) is 4.79 Å². The summed E-state index contributed by atoms with van der Waals surface area (Å²) in [4.78, 5) is 16.4. The molecule has 0 aromatic rings. The lowest BCUT2D eigenvalue weighted by atomic mass is 9.77. The first-order valence-electron chi connectivity index (χ1n) is 6.59. The number of piperidine rings is 1. The Kier molecular flexibility index (Phi) is 4.68. The third kappa shape index (κ3) is 3.16. The molecule has 0 aliphatic carbocycles. The Balaban J connectivity index is 0.00000162. The molecule has 2 N–H and O–H groups in total. The van der Waals surface area contributed by atoms with Crippen LogP contribution >= 0.6 is 12.4 Å². The molecule has 0 aromatic heterocycles. The quantitative estimate of drug-likeness (QED) is 0.821. The maximum atomic E-state index is 12.2. The Labute approximate surface area is 116 Å². The van der Waals surface area contributed by atoms with E-state index in [1.54, 1.807) is 0 Å². The summed E-state index contributed by atoms with van der Waals surface area (Å²) in [6.07, 6.45) is 3.06. The predicted octanol–water partition coefficient (Wildman–Crippen LogP) is 1.09. The second-order valence-corrected chi connectivity index (χ2v) is 6.52. The number of hydrogen-bond acceptors (Lipinski definition) is 3. The Morgan fingerprint density at radius 2 is 1.72 bits per heavy atom. The van der Waals surface area contributed by atoms with Crippen LogP contribution in [0.5, 0.6) is 0 Å². The predicted molar refractivity (Wildman–Crippen MR) is 75.9 cm³/mol. The highest BCUT2D eigenvalue weighted by atomic mass is 35.5. The van der Waals surface area contributed by atoms with E-state index in [1.165, 1.54) is 0 Å². The number of nitrogens with zero attached hydrogens (tertiary/aromatic N) is 2. The van der Waals surface area contributed by atoms with Crippen LogP contribution < -0.4 is 5.73 Å². The monoisotopic (exact) mass is 275 g/mol. The van der Waals surface area contributed by atoms with Gasteiger partial charge in [0.1, 0.15) is 0 Å². The van der Waals surface area contributed by atoms with Gasteiger partial charge in [-0.1, -0.05) is 0 Å². The van der Waals surface area contributed by atoms with Crippen LogP contribution in [0.3, 0.4) is 0 Å². The molecule has 5 heteroatoms. The molecule has 2 saturated heterocycles. The first-order valence-corrected chi connectivity index (χ1v) is 6.59. The van der Waals surface area contributed by atoms with Gasteiger partial charge in [0.25, 0.3) is 0 Å². The lowest BCUT2D eigenvalue weighted by molar-refractivity contribution is -0.137. The van der Waals surface area contributed by atoms with Gasteiger partial charge in [0.05, 0.1) is 5.41 Å². The molecule has 18 heavy (non-hydrogen) atoms. The zero-order chi connectivity index (χ0) is 12.7. The molecule has 0 saturated carbocycles. The van der Waals surface area contributed by atoms with Gasteiger partial charge in [-0.25, -0.2) is 0 Å². The topological polar surface area (TPSA) is 49.6 Å². The van der Waals surface area contributed by atoms with Gasteiger partial charge in [0, 0.05) is 25.7 Å². The van der Waals surface area contributed by atoms with Crippen molar-refractivity contribution in [1.82, 2.24) is 9.80 Å². The van der Waals surface area contributed by atoms with Crippen molar-refractivity contribution in [2.75, 3.05) is 33.2 Å². The fourth-order valence-electron chi connectivity index (χ4n) is 3.17. The van der Waals surface area contributed by atoms with Crippen LogP contribution in [0.4, 0.5) is 0 Å². The van der Waals surface area contributed by atoms with Gasteiger partial charge in [-0.3, -0.25) is 4.79 Å². The summed E-state index contributed by atoms with van der Waals surface area (Å²) in [7, 11) is 1.92. The van der Waals surface area contributed by atoms with Gasteiger partial charge in [-0.15, -0.1) is 12.4 Å². The largest absolute Gasteiger partial charge is 0.345 e. The Morgan fingerprint density at radius 1 is 1.22 bits per heavy atom. The molecule has 106 valence electrons. The van der Waals surface area contributed by atoms with Crippen molar-refractivity contribution in [3.8, 4) is 0 Å². The van der Waals surface area contributed by atoms with E-state index in [0.717, 1.165) is 45.4 Å². The Bertz CT molecular complexity index is 306. The van der Waals surface area contributed by atoms with Gasteiger partial charge in [-0.05, 0) is 46.2 Å². The SMILES string of the molecule is CN1CCC2(CCN(CC(C)(C)N)CC2)C1=O.Cl. The molecule has 0 bridgehead atoms. The van der Waals surface area contributed by atoms with E-state index in [0.29, 0.717) is 5.91 Å². The van der Waals surface area contributed by atoms with E-state index in [-0.39, 0.29) is 23.4 Å². The van der Waals surface area contributed by atoms with Crippen LogP contribution in [0.1, 0.15) is 33.1 Å². The third-order valence-corrected chi connectivity index (χ3v) is 4.17. The zero-order valence-electron chi connectivity index (χ0n) is 11.7. The standard InChI is InChI=1S/C13H25N3O.ClH/c1-12(2,14)10-16-8-5-13(6-9-16)4-7-15(3)11(13)17;/h4-10,14H2,1-3H3;1H. The fourth-order valence-corrected chi connectivity index (χ4v) is 3.17. The molecule has 2 rings (SSSR count). The number of carbonyl (C=O) groups excluding carboxylic acids is 1. The number of halogens is 1. The van der Waals surface area contributed by atoms with Crippen molar-refractivity contribution in [1.29, 1.82) is 0 Å². The molecule has 0 radical (unpaired) electrons. The summed E-state index contributed by atoms with van der Waals surface area (Å²) < 4.78 is 0. The molecule has 0 atom stereocenters. The van der Waals surface area contributed by atoms with Crippen molar-refractivity contribution in [3.05, 3.63) is 0 Å². The second-order valence-electron chi connectivity index (χ2n) is 6.52. The smallest absolute Gasteiger partial charge is 0.228 e. The first kappa shape index (κ1) is 15.7. The molecule has 2 fully saturated rings. The molecule has 2 heterocycles. The Hall–Kier alpha value is -0.320. The fraction of sp³-hybridized carbons (Fsp3) is 0.923. The average molecular weight is 276 g/mol. The highest BCUT2D eigenvalue weighted by Gasteiger charge is 2.46. The highest BCUT2D eigenvalue weighted by Crippen LogP contribution is 2.40. The third-order valence-electron chi connectivity index (χ3n) is 4.17. The van der Waals surface area contributed by atoms with Gasteiger partial charge >= 0.3 is 0 Å². The summed E-state index contributed by atoms with van der Waals surface area (Å²) in [5, 5.41) is 0. The minimum Gasteiger partial charge on any atom is -0.345 e. The number of hydrogen-bond donors (Lipinski definition) is 1. The van der Waals surface area contributed by atoms with E-state index >= 15 is 0 Å². The summed E-state index contributed by atoms with van der Waals surface area (Å²) in [6, 6.07) is 0. The number of carbonyl (C=O) groups is 1. The van der Waals surface area contributed by atoms with E-state index in [2.05, 4.69) is 18.7 Å². The number of nitrogens with two attached hydrogens (primary N) is 1. The maximum absolute atomic E-state index is 12.2. The van der Waals surface area contributed by atoms with Crippen molar-refractivity contribution >= 4 is 18.3 Å². The number of amides is 1. The van der Waals surface area contributed by atoms with Gasteiger partial charge < -0.3 is 15.5 Å². The lowest BCUT2D eigenvalue weighted by Gasteiger charge is -2.40. The van der Waals surface area contributed by atoms with Crippen LogP contribution in [0.15, 0.2) is 0 Å². The zero-order valence-corrected chi connectivity index (χ0v) is 12.6. The molecule has 4 nitrogen and oxygen atoms in total. The summed E-state index contributed by atoms with van der Waals surface area (Å²) in [5.41, 5.74) is 5.87. The van der Waals surface area contributed by atoms with Crippen LogP contribution in [0.25, 0.3) is 0 Å². The number of likely N-dealkylation sites (tertiary alicyclic amines) is 2. The number of rotatable bonds is 2. The van der Waals surface area contributed by atoms with Crippen LogP contribution in [0.2, 0.25) is 0 Å². The van der Waals surface area contributed by atoms with Crippen molar-refractivity contribution in [3.63, 3.8) is 0 Å². The van der Waals surface area contributed by atoms with Gasteiger partial charge in [0.15, 0.2) is 0 Å². The van der Waals surface area contributed by atoms with Gasteiger partial charge in [0.2, 0.25) is 5.91 Å². The first-order chi connectivity index (χ1) is 7.82. The molecule has 1 spiro atoms. The summed E-state index contributed by atoms with van der Waals surface area (Å²) >= 11 is 0. The van der Waals surface area contributed by atoms with Crippen LogP contribution in [-0.4, -0.2) is 54.5 Å². The maximum Gasteiger partial charge on any atom is 0.228 e. The lowest BCUT2D eigenvalue weighted by Crippen LogP contribution is -2.51. The van der Waals surface area contributed by atoms with Crippen molar-refractivity contribution in [2.24, 2.45) is 11.1 Å². The molecule has 0 unspecified atom stereocenters. The molecule has 2 aliphatic heterocycles. The Morgan fingerprint density at radius 3 is 2.11 bits per heavy atom. The molecule has 0 aromatic carbocycles. The molecular weight excluding hydrogens is 250 g/mol. The average Bonchev–Trinajstić information content (AvgIpc) is 2.49. The van der Waals surface area contributed by atoms with Gasteiger partial charge in [-0.2, -0.15) is 0 Å². The van der Waals surface area contributed by atoms with E-state index in [9.17, 15) is 4.79 Å². The molecule has 2 aliphatic rings. The minimum absolute atomic E-state index is 0. The van der Waals surface area contributed by atoms with Crippen molar-refractivity contribution in [2.45, 2.75) is 38.6 Å². The van der Waals surface area contributed by atoms with Crippen molar-refractivity contribution < 1.29 is 4.79 Å². The van der Waals surface area contributed by atoms with E-state index in [4.69, 9.17) is 5.73 Å². The minimum atomic E-state index is -0.138. The second kappa shape index (κ2) is 5.35. The summed E-state index contributed by atoms with van der Waals surface area (Å²) in [5.74, 6) is 0.365. The van der Waals surface area contributed by atoms with E-state index < -0.39 is 0 Å². The van der Waals surface area contributed by atoms with Crippen LogP contribution in [0, 0.1) is 5.41 Å². The highest BCUT2D eigenvalue weighted by molar-refractivity contribution is 5.85. The normalized spacial score (nSPS) is 24.4. The molecular formula is C13H26ClN3O. The van der Waals surface area contributed by atoms with E-state index in [1.807, 2.05) is 11.9 Å².